The second kappa shape index (κ2) is 3.87. The van der Waals surface area contributed by atoms with Crippen LogP contribution in [0.1, 0.15) is 20.3 Å². The topological polar surface area (TPSA) is 40.6 Å². The second-order valence-corrected chi connectivity index (χ2v) is 3.73. The van der Waals surface area contributed by atoms with Gasteiger partial charge in [-0.1, -0.05) is 13.8 Å². The van der Waals surface area contributed by atoms with Crippen molar-refractivity contribution in [2.45, 2.75) is 26.3 Å². The molecule has 0 aromatic heterocycles. The highest BCUT2D eigenvalue weighted by Gasteiger charge is 2.36. The minimum absolute atomic E-state index is 0.0494. The minimum atomic E-state index is 0.0494. The molecule has 1 fully saturated rings. The molecule has 1 saturated heterocycles. The molecule has 0 aromatic carbocycles. The maximum Gasteiger partial charge on any atom is 0.238 e. The van der Waals surface area contributed by atoms with Gasteiger partial charge in [0.25, 0.3) is 0 Å². The third kappa shape index (κ3) is 1.88. The molecular weight excluding hydrogens is 168 g/mol. The molecule has 0 N–H and O–H groups in total. The Labute approximate surface area is 78.5 Å². The van der Waals surface area contributed by atoms with Crippen LogP contribution in [0.15, 0.2) is 0 Å². The molecule has 4 nitrogen and oxygen atoms in total. The van der Waals surface area contributed by atoms with Crippen LogP contribution in [-0.4, -0.2) is 41.8 Å². The summed E-state index contributed by atoms with van der Waals surface area (Å²) in [5, 5.41) is 3.39. The first-order valence-electron chi connectivity index (χ1n) is 4.54. The number of carbonyl (C=O) groups is 2. The van der Waals surface area contributed by atoms with Crippen LogP contribution in [0, 0.1) is 5.92 Å². The van der Waals surface area contributed by atoms with Crippen molar-refractivity contribution in [2.75, 3.05) is 13.6 Å². The van der Waals surface area contributed by atoms with E-state index in [0.717, 1.165) is 6.29 Å². The van der Waals surface area contributed by atoms with Crippen molar-refractivity contribution in [3.63, 3.8) is 0 Å². The molecule has 13 heavy (non-hydrogen) atoms. The molecule has 1 rings (SSSR count). The van der Waals surface area contributed by atoms with Crippen LogP contribution in [0.2, 0.25) is 0 Å². The summed E-state index contributed by atoms with van der Waals surface area (Å²) >= 11 is 0. The summed E-state index contributed by atoms with van der Waals surface area (Å²) in [5.74, 6) is 0.485. The largest absolute Gasteiger partial charge is 0.301 e. The first-order valence-corrected chi connectivity index (χ1v) is 4.54. The maximum absolute atomic E-state index is 11.4. The second-order valence-electron chi connectivity index (χ2n) is 3.73. The molecule has 74 valence electrons. The van der Waals surface area contributed by atoms with Gasteiger partial charge in [0.2, 0.25) is 5.91 Å². The Hall–Kier alpha value is -0.900. The van der Waals surface area contributed by atoms with Gasteiger partial charge in [0.05, 0.1) is 6.54 Å². The zero-order valence-corrected chi connectivity index (χ0v) is 8.36. The molecule has 0 saturated carbocycles. The molecule has 1 heterocycles. The molecular formula is C9H16N2O2. The van der Waals surface area contributed by atoms with Gasteiger partial charge >= 0.3 is 0 Å². The predicted octanol–water partition coefficient (Wildman–Crippen LogP) is 0.289. The zero-order valence-electron chi connectivity index (χ0n) is 8.36. The first kappa shape index (κ1) is 10.2. The molecule has 1 atom stereocenters. The summed E-state index contributed by atoms with van der Waals surface area (Å²) < 4.78 is 0. The van der Waals surface area contributed by atoms with Gasteiger partial charge in [-0.25, -0.2) is 5.01 Å². The van der Waals surface area contributed by atoms with E-state index in [0.29, 0.717) is 12.3 Å². The van der Waals surface area contributed by atoms with E-state index >= 15 is 0 Å². The fraction of sp³-hybridized carbons (Fsp3) is 0.778. The van der Waals surface area contributed by atoms with Crippen molar-refractivity contribution in [1.29, 1.82) is 0 Å². The molecule has 4 heteroatoms. The Bertz CT molecular complexity index is 216. The number of hydrazine groups is 1. The Morgan fingerprint density at radius 1 is 1.62 bits per heavy atom. The number of nitrogens with zero attached hydrogens (tertiary/aromatic N) is 2. The molecule has 1 aliphatic rings. The zero-order chi connectivity index (χ0) is 10.0. The Kier molecular flexibility index (Phi) is 3.03. The van der Waals surface area contributed by atoms with E-state index in [1.54, 1.807) is 0 Å². The van der Waals surface area contributed by atoms with Crippen LogP contribution < -0.4 is 0 Å². The predicted molar refractivity (Wildman–Crippen MR) is 48.8 cm³/mol. The number of carbonyl (C=O) groups excluding carboxylic acids is 2. The first-order chi connectivity index (χ1) is 6.07. The van der Waals surface area contributed by atoms with Gasteiger partial charge in [0.1, 0.15) is 6.29 Å². The van der Waals surface area contributed by atoms with Gasteiger partial charge in [-0.15, -0.1) is 0 Å². The highest BCUT2D eigenvalue weighted by molar-refractivity contribution is 5.80. The molecule has 0 aromatic rings. The summed E-state index contributed by atoms with van der Waals surface area (Å²) in [5.41, 5.74) is 0. The quantitative estimate of drug-likeness (QED) is 0.592. The van der Waals surface area contributed by atoms with E-state index in [4.69, 9.17) is 0 Å². The van der Waals surface area contributed by atoms with E-state index in [-0.39, 0.29) is 18.5 Å². The highest BCUT2D eigenvalue weighted by atomic mass is 16.2. The number of aldehydes is 1. The normalized spacial score (nSPS) is 24.5. The number of hydrogen-bond acceptors (Lipinski definition) is 3. The lowest BCUT2D eigenvalue weighted by atomic mass is 10.0. The van der Waals surface area contributed by atoms with Gasteiger partial charge in [0.15, 0.2) is 0 Å². The monoisotopic (exact) mass is 184 g/mol. The molecule has 0 aliphatic carbocycles. The highest BCUT2D eigenvalue weighted by Crippen LogP contribution is 2.22. The van der Waals surface area contributed by atoms with Crippen molar-refractivity contribution >= 4 is 12.2 Å². The third-order valence-corrected chi connectivity index (χ3v) is 2.55. The Morgan fingerprint density at radius 2 is 2.23 bits per heavy atom. The standard InChI is InChI=1S/C9H16N2O2/c1-7(2)8-6-9(13)11(4-5-12)10(8)3/h5,7-8H,4,6H2,1-3H3. The third-order valence-electron chi connectivity index (χ3n) is 2.55. The van der Waals surface area contributed by atoms with Crippen LogP contribution in [0.3, 0.4) is 0 Å². The number of amides is 1. The maximum atomic E-state index is 11.4. The summed E-state index contributed by atoms with van der Waals surface area (Å²) in [4.78, 5) is 21.7. The van der Waals surface area contributed by atoms with Crippen LogP contribution in [0.4, 0.5) is 0 Å². The number of rotatable bonds is 3. The smallest absolute Gasteiger partial charge is 0.238 e. The van der Waals surface area contributed by atoms with Crippen LogP contribution in [0.5, 0.6) is 0 Å². The van der Waals surface area contributed by atoms with Crippen molar-refractivity contribution < 1.29 is 9.59 Å². The van der Waals surface area contributed by atoms with Gasteiger partial charge in [-0.2, -0.15) is 0 Å². The van der Waals surface area contributed by atoms with Crippen molar-refractivity contribution in [1.82, 2.24) is 10.0 Å². The van der Waals surface area contributed by atoms with E-state index in [1.165, 1.54) is 5.01 Å². The lowest BCUT2D eigenvalue weighted by Crippen LogP contribution is -2.42. The molecule has 0 radical (unpaired) electrons. The van der Waals surface area contributed by atoms with Crippen LogP contribution in [0.25, 0.3) is 0 Å². The minimum Gasteiger partial charge on any atom is -0.301 e. The molecule has 1 unspecified atom stereocenters. The van der Waals surface area contributed by atoms with E-state index in [1.807, 2.05) is 12.1 Å². The van der Waals surface area contributed by atoms with Crippen molar-refractivity contribution in [2.24, 2.45) is 5.92 Å². The van der Waals surface area contributed by atoms with Gasteiger partial charge < -0.3 is 4.79 Å². The fourth-order valence-corrected chi connectivity index (χ4v) is 1.74. The molecule has 0 spiro atoms. The van der Waals surface area contributed by atoms with E-state index in [9.17, 15) is 9.59 Å². The van der Waals surface area contributed by atoms with E-state index in [2.05, 4.69) is 13.8 Å². The van der Waals surface area contributed by atoms with Crippen molar-refractivity contribution in [3.8, 4) is 0 Å². The Morgan fingerprint density at radius 3 is 2.62 bits per heavy atom. The van der Waals surface area contributed by atoms with Crippen LogP contribution in [-0.2, 0) is 9.59 Å². The molecule has 1 amide bonds. The SMILES string of the molecule is CC(C)C1CC(=O)N(CC=O)N1C. The van der Waals surface area contributed by atoms with Gasteiger partial charge in [-0.05, 0) is 5.92 Å². The van der Waals surface area contributed by atoms with E-state index < -0.39 is 0 Å². The average Bonchev–Trinajstić information content (AvgIpc) is 2.32. The van der Waals surface area contributed by atoms with Gasteiger partial charge in [0, 0.05) is 19.5 Å². The van der Waals surface area contributed by atoms with Crippen LogP contribution >= 0.6 is 0 Å². The molecule has 1 aliphatic heterocycles. The average molecular weight is 184 g/mol. The number of hydrogen-bond donors (Lipinski definition) is 0. The Balaban J connectivity index is 2.68. The lowest BCUT2D eigenvalue weighted by molar-refractivity contribution is -0.139. The fourth-order valence-electron chi connectivity index (χ4n) is 1.74. The summed E-state index contributed by atoms with van der Waals surface area (Å²) in [6.07, 6.45) is 1.29. The van der Waals surface area contributed by atoms with Crippen molar-refractivity contribution in [3.05, 3.63) is 0 Å². The lowest BCUT2D eigenvalue weighted by Gasteiger charge is -2.28. The summed E-state index contributed by atoms with van der Waals surface area (Å²) in [7, 11) is 1.86. The molecule has 0 bridgehead atoms. The summed E-state index contributed by atoms with van der Waals surface area (Å²) in [6.45, 7) is 4.34. The van der Waals surface area contributed by atoms with Gasteiger partial charge in [-0.3, -0.25) is 9.80 Å². The summed E-state index contributed by atoms with van der Waals surface area (Å²) in [6, 6.07) is 0.243.